The van der Waals surface area contributed by atoms with Crippen LogP contribution in [-0.4, -0.2) is 5.91 Å². The third kappa shape index (κ3) is 3.70. The van der Waals surface area contributed by atoms with E-state index in [4.69, 9.17) is 11.6 Å². The molecule has 1 atom stereocenters. The summed E-state index contributed by atoms with van der Waals surface area (Å²) in [4.78, 5) is 12.1. The highest BCUT2D eigenvalue weighted by Gasteiger charge is 2.12. The predicted molar refractivity (Wildman–Crippen MR) is 86.5 cm³/mol. The van der Waals surface area contributed by atoms with Crippen LogP contribution in [0.3, 0.4) is 0 Å². The quantitative estimate of drug-likeness (QED) is 0.778. The topological polar surface area (TPSA) is 29.1 Å². The molecule has 0 saturated heterocycles. The minimum atomic E-state index is -0.116. The summed E-state index contributed by atoms with van der Waals surface area (Å²) in [6.07, 6.45) is 0. The lowest BCUT2D eigenvalue weighted by molar-refractivity contribution is 0.0940. The zero-order chi connectivity index (χ0) is 13.8. The van der Waals surface area contributed by atoms with Crippen molar-refractivity contribution in [3.05, 3.63) is 68.3 Å². The standard InChI is InChI=1S/C15H13ClINO/c1-10(11-5-3-2-4-6-11)18-15(19)12-7-8-14(17)13(16)9-12/h2-10H,1H3,(H,18,19). The molecule has 2 aromatic carbocycles. The molecule has 0 aliphatic carbocycles. The highest BCUT2D eigenvalue weighted by Crippen LogP contribution is 2.20. The van der Waals surface area contributed by atoms with E-state index in [-0.39, 0.29) is 11.9 Å². The van der Waals surface area contributed by atoms with Gasteiger partial charge in [-0.15, -0.1) is 0 Å². The highest BCUT2D eigenvalue weighted by molar-refractivity contribution is 14.1. The minimum Gasteiger partial charge on any atom is -0.346 e. The van der Waals surface area contributed by atoms with Gasteiger partial charge in [0.15, 0.2) is 0 Å². The molecule has 1 unspecified atom stereocenters. The summed E-state index contributed by atoms with van der Waals surface area (Å²) in [6.45, 7) is 1.96. The molecular formula is C15H13ClINO. The number of halogens is 2. The Bertz CT molecular complexity index is 586. The first-order valence-electron chi connectivity index (χ1n) is 5.89. The number of carbonyl (C=O) groups excluding carboxylic acids is 1. The monoisotopic (exact) mass is 385 g/mol. The first-order chi connectivity index (χ1) is 9.08. The number of hydrogen-bond donors (Lipinski definition) is 1. The molecular weight excluding hydrogens is 373 g/mol. The molecule has 0 heterocycles. The van der Waals surface area contributed by atoms with Crippen molar-refractivity contribution in [1.82, 2.24) is 5.32 Å². The summed E-state index contributed by atoms with van der Waals surface area (Å²) in [5, 5.41) is 3.56. The second-order valence-corrected chi connectivity index (χ2v) is 5.80. The largest absolute Gasteiger partial charge is 0.346 e. The van der Waals surface area contributed by atoms with Crippen molar-refractivity contribution in [2.75, 3.05) is 0 Å². The average Bonchev–Trinajstić information content (AvgIpc) is 2.42. The molecule has 19 heavy (non-hydrogen) atoms. The van der Waals surface area contributed by atoms with E-state index in [1.807, 2.05) is 43.3 Å². The molecule has 2 rings (SSSR count). The van der Waals surface area contributed by atoms with E-state index in [0.29, 0.717) is 10.6 Å². The van der Waals surface area contributed by atoms with Gasteiger partial charge in [0, 0.05) is 9.13 Å². The summed E-state index contributed by atoms with van der Waals surface area (Å²) >= 11 is 8.16. The lowest BCUT2D eigenvalue weighted by Gasteiger charge is -2.14. The van der Waals surface area contributed by atoms with E-state index in [9.17, 15) is 4.79 Å². The van der Waals surface area contributed by atoms with Gasteiger partial charge in [-0.05, 0) is 53.3 Å². The van der Waals surface area contributed by atoms with Crippen LogP contribution in [-0.2, 0) is 0 Å². The number of benzene rings is 2. The highest BCUT2D eigenvalue weighted by atomic mass is 127. The summed E-state index contributed by atoms with van der Waals surface area (Å²) in [7, 11) is 0. The van der Waals surface area contributed by atoms with Gasteiger partial charge in [0.2, 0.25) is 0 Å². The van der Waals surface area contributed by atoms with Crippen LogP contribution in [0.5, 0.6) is 0 Å². The van der Waals surface area contributed by atoms with Crippen molar-refractivity contribution in [3.8, 4) is 0 Å². The second kappa shape index (κ2) is 6.39. The van der Waals surface area contributed by atoms with Crippen LogP contribution in [0.15, 0.2) is 48.5 Å². The van der Waals surface area contributed by atoms with Crippen LogP contribution in [0.2, 0.25) is 5.02 Å². The molecule has 0 fully saturated rings. The van der Waals surface area contributed by atoms with Crippen molar-refractivity contribution in [3.63, 3.8) is 0 Å². The van der Waals surface area contributed by atoms with Crippen LogP contribution in [0.25, 0.3) is 0 Å². The van der Waals surface area contributed by atoms with Crippen LogP contribution >= 0.6 is 34.2 Å². The molecule has 0 radical (unpaired) electrons. The van der Waals surface area contributed by atoms with Gasteiger partial charge in [-0.2, -0.15) is 0 Å². The van der Waals surface area contributed by atoms with Gasteiger partial charge in [-0.3, -0.25) is 4.79 Å². The van der Waals surface area contributed by atoms with Crippen LogP contribution < -0.4 is 5.32 Å². The van der Waals surface area contributed by atoms with E-state index in [1.54, 1.807) is 12.1 Å². The first-order valence-corrected chi connectivity index (χ1v) is 7.34. The molecule has 0 spiro atoms. The van der Waals surface area contributed by atoms with Crippen LogP contribution in [0.1, 0.15) is 28.9 Å². The normalized spacial score (nSPS) is 11.9. The fourth-order valence-corrected chi connectivity index (χ4v) is 2.26. The van der Waals surface area contributed by atoms with Gasteiger partial charge >= 0.3 is 0 Å². The van der Waals surface area contributed by atoms with Gasteiger partial charge in [0.05, 0.1) is 11.1 Å². The number of carbonyl (C=O) groups is 1. The van der Waals surface area contributed by atoms with E-state index in [2.05, 4.69) is 27.9 Å². The average molecular weight is 386 g/mol. The molecule has 2 aromatic rings. The Morgan fingerprint density at radius 1 is 1.21 bits per heavy atom. The van der Waals surface area contributed by atoms with Gasteiger partial charge < -0.3 is 5.32 Å². The fourth-order valence-electron chi connectivity index (χ4n) is 1.74. The van der Waals surface area contributed by atoms with Gasteiger partial charge in [0.25, 0.3) is 5.91 Å². The van der Waals surface area contributed by atoms with Crippen molar-refractivity contribution in [2.24, 2.45) is 0 Å². The lowest BCUT2D eigenvalue weighted by Crippen LogP contribution is -2.26. The summed E-state index contributed by atoms with van der Waals surface area (Å²) in [6, 6.07) is 15.1. The zero-order valence-corrected chi connectivity index (χ0v) is 13.3. The van der Waals surface area contributed by atoms with Crippen molar-refractivity contribution >= 4 is 40.1 Å². The van der Waals surface area contributed by atoms with Gasteiger partial charge in [-0.25, -0.2) is 0 Å². The first kappa shape index (κ1) is 14.3. The predicted octanol–water partition coefficient (Wildman–Crippen LogP) is 4.44. The van der Waals surface area contributed by atoms with E-state index >= 15 is 0 Å². The van der Waals surface area contributed by atoms with Crippen molar-refractivity contribution in [1.29, 1.82) is 0 Å². The molecule has 0 aliphatic rings. The van der Waals surface area contributed by atoms with Crippen LogP contribution in [0, 0.1) is 3.57 Å². The Kier molecular flexibility index (Phi) is 4.82. The summed E-state index contributed by atoms with van der Waals surface area (Å²) in [5.74, 6) is -0.116. The zero-order valence-electron chi connectivity index (χ0n) is 10.4. The van der Waals surface area contributed by atoms with Crippen molar-refractivity contribution < 1.29 is 4.79 Å². The Labute approximate surface area is 131 Å². The van der Waals surface area contributed by atoms with E-state index < -0.39 is 0 Å². The lowest BCUT2D eigenvalue weighted by atomic mass is 10.1. The summed E-state index contributed by atoms with van der Waals surface area (Å²) in [5.41, 5.74) is 1.65. The molecule has 0 saturated carbocycles. The third-order valence-electron chi connectivity index (χ3n) is 2.83. The Morgan fingerprint density at radius 2 is 1.89 bits per heavy atom. The maximum absolute atomic E-state index is 12.1. The van der Waals surface area contributed by atoms with E-state index in [1.165, 1.54) is 0 Å². The number of amides is 1. The number of hydrogen-bond acceptors (Lipinski definition) is 1. The van der Waals surface area contributed by atoms with E-state index in [0.717, 1.165) is 9.13 Å². The van der Waals surface area contributed by atoms with Gasteiger partial charge in [0.1, 0.15) is 0 Å². The number of nitrogens with one attached hydrogen (secondary N) is 1. The molecule has 0 aliphatic heterocycles. The van der Waals surface area contributed by atoms with Crippen LogP contribution in [0.4, 0.5) is 0 Å². The molecule has 0 aromatic heterocycles. The molecule has 2 nitrogen and oxygen atoms in total. The number of rotatable bonds is 3. The Hall–Kier alpha value is -1.07. The Balaban J connectivity index is 2.11. The molecule has 0 bridgehead atoms. The smallest absolute Gasteiger partial charge is 0.251 e. The minimum absolute atomic E-state index is 0.0354. The molecule has 1 amide bonds. The SMILES string of the molecule is CC(NC(=O)c1ccc(I)c(Cl)c1)c1ccccc1. The molecule has 4 heteroatoms. The second-order valence-electron chi connectivity index (χ2n) is 4.23. The van der Waals surface area contributed by atoms with Gasteiger partial charge in [-0.1, -0.05) is 41.9 Å². The molecule has 98 valence electrons. The maximum Gasteiger partial charge on any atom is 0.251 e. The third-order valence-corrected chi connectivity index (χ3v) is 4.40. The molecule has 1 N–H and O–H groups in total. The maximum atomic E-state index is 12.1. The van der Waals surface area contributed by atoms with Crippen molar-refractivity contribution in [2.45, 2.75) is 13.0 Å². The summed E-state index contributed by atoms with van der Waals surface area (Å²) < 4.78 is 0.937. The Morgan fingerprint density at radius 3 is 2.53 bits per heavy atom. The fraction of sp³-hybridized carbons (Fsp3) is 0.133.